The first-order valence-corrected chi connectivity index (χ1v) is 10.7. The number of aromatic nitrogens is 1. The number of halogens is 1. The molecule has 28 heavy (non-hydrogen) atoms. The largest absolute Gasteiger partial charge is 0.497 e. The van der Waals surface area contributed by atoms with Crippen molar-refractivity contribution in [1.82, 2.24) is 10.3 Å². The number of benzene rings is 1. The Hall–Kier alpha value is -2.16. The summed E-state index contributed by atoms with van der Waals surface area (Å²) in [5.41, 5.74) is 1.82. The SMILES string of the molecule is COc1ccc(N2C(=S)NC(c3ccccn3)C2c2cc(Br)cs2)c(OC)c1. The number of rotatable bonds is 5. The lowest BCUT2D eigenvalue weighted by molar-refractivity contribution is 0.394. The van der Waals surface area contributed by atoms with E-state index in [9.17, 15) is 0 Å². The van der Waals surface area contributed by atoms with Crippen LogP contribution in [0.2, 0.25) is 0 Å². The molecule has 2 unspecified atom stereocenters. The fourth-order valence-corrected chi connectivity index (χ4v) is 5.28. The molecule has 0 aliphatic carbocycles. The number of ether oxygens (including phenoxy) is 2. The van der Waals surface area contributed by atoms with Gasteiger partial charge in [0, 0.05) is 27.0 Å². The van der Waals surface area contributed by atoms with Crippen LogP contribution in [-0.2, 0) is 0 Å². The molecule has 144 valence electrons. The monoisotopic (exact) mass is 475 g/mol. The Morgan fingerprint density at radius 1 is 1.18 bits per heavy atom. The Bertz CT molecular complexity index is 996. The van der Waals surface area contributed by atoms with E-state index in [4.69, 9.17) is 21.7 Å². The number of anilines is 1. The van der Waals surface area contributed by atoms with Gasteiger partial charge in [-0.1, -0.05) is 6.07 Å². The molecule has 1 aromatic carbocycles. The van der Waals surface area contributed by atoms with Gasteiger partial charge in [0.15, 0.2) is 5.11 Å². The van der Waals surface area contributed by atoms with Crippen LogP contribution in [0.15, 0.2) is 58.5 Å². The van der Waals surface area contributed by atoms with Crippen molar-refractivity contribution in [3.63, 3.8) is 0 Å². The summed E-state index contributed by atoms with van der Waals surface area (Å²) in [4.78, 5) is 7.84. The highest BCUT2D eigenvalue weighted by Gasteiger charge is 2.42. The van der Waals surface area contributed by atoms with Crippen LogP contribution in [0.3, 0.4) is 0 Å². The first-order valence-electron chi connectivity index (χ1n) is 8.59. The molecule has 0 spiro atoms. The molecule has 2 atom stereocenters. The van der Waals surface area contributed by atoms with Crippen molar-refractivity contribution in [2.45, 2.75) is 12.1 Å². The normalized spacial score (nSPS) is 18.8. The Labute approximate surface area is 181 Å². The molecular weight excluding hydrogens is 458 g/mol. The van der Waals surface area contributed by atoms with E-state index < -0.39 is 0 Å². The van der Waals surface area contributed by atoms with Crippen LogP contribution < -0.4 is 19.7 Å². The number of pyridine rings is 1. The quantitative estimate of drug-likeness (QED) is 0.517. The van der Waals surface area contributed by atoms with Gasteiger partial charge in [0.05, 0.1) is 37.7 Å². The lowest BCUT2D eigenvalue weighted by Crippen LogP contribution is -2.29. The lowest BCUT2D eigenvalue weighted by atomic mass is 10.0. The molecule has 0 bridgehead atoms. The minimum absolute atomic E-state index is 0.0546. The van der Waals surface area contributed by atoms with Crippen molar-refractivity contribution < 1.29 is 9.47 Å². The van der Waals surface area contributed by atoms with E-state index in [2.05, 4.69) is 42.6 Å². The maximum absolute atomic E-state index is 5.75. The Balaban J connectivity index is 1.84. The average molecular weight is 476 g/mol. The minimum Gasteiger partial charge on any atom is -0.497 e. The molecule has 0 saturated carbocycles. The third-order valence-corrected chi connectivity index (χ3v) is 6.70. The zero-order chi connectivity index (χ0) is 19.7. The second kappa shape index (κ2) is 8.06. The number of hydrogen-bond acceptors (Lipinski definition) is 5. The fourth-order valence-electron chi connectivity index (χ4n) is 3.37. The highest BCUT2D eigenvalue weighted by Crippen LogP contribution is 2.47. The molecule has 1 saturated heterocycles. The zero-order valence-electron chi connectivity index (χ0n) is 15.3. The lowest BCUT2D eigenvalue weighted by Gasteiger charge is -2.28. The van der Waals surface area contributed by atoms with Crippen LogP contribution in [-0.4, -0.2) is 24.3 Å². The second-order valence-electron chi connectivity index (χ2n) is 6.20. The molecule has 8 heteroatoms. The van der Waals surface area contributed by atoms with Crippen LogP contribution in [0.1, 0.15) is 22.7 Å². The average Bonchev–Trinajstić information content (AvgIpc) is 3.30. The zero-order valence-corrected chi connectivity index (χ0v) is 18.5. The maximum atomic E-state index is 5.75. The minimum atomic E-state index is -0.0777. The summed E-state index contributed by atoms with van der Waals surface area (Å²) in [5.74, 6) is 1.43. The molecule has 1 N–H and O–H groups in total. The summed E-state index contributed by atoms with van der Waals surface area (Å²) in [6.07, 6.45) is 1.80. The van der Waals surface area contributed by atoms with Crippen molar-refractivity contribution in [1.29, 1.82) is 0 Å². The smallest absolute Gasteiger partial charge is 0.174 e. The molecule has 0 radical (unpaired) electrons. The summed E-state index contributed by atoms with van der Waals surface area (Å²) in [5, 5.41) is 6.17. The Morgan fingerprint density at radius 3 is 2.68 bits per heavy atom. The van der Waals surface area contributed by atoms with Gasteiger partial charge in [-0.05, 0) is 58.5 Å². The molecule has 3 heterocycles. The molecule has 1 fully saturated rings. The summed E-state index contributed by atoms with van der Waals surface area (Å²) < 4.78 is 12.0. The number of methoxy groups -OCH3 is 2. The molecule has 2 aromatic heterocycles. The van der Waals surface area contributed by atoms with Crippen molar-refractivity contribution in [3.05, 3.63) is 69.1 Å². The van der Waals surface area contributed by atoms with Gasteiger partial charge in [-0.15, -0.1) is 11.3 Å². The van der Waals surface area contributed by atoms with Gasteiger partial charge in [0.1, 0.15) is 11.5 Å². The predicted octanol–water partition coefficient (Wildman–Crippen LogP) is 5.10. The van der Waals surface area contributed by atoms with E-state index in [0.29, 0.717) is 10.9 Å². The van der Waals surface area contributed by atoms with Gasteiger partial charge in [-0.25, -0.2) is 0 Å². The highest BCUT2D eigenvalue weighted by molar-refractivity contribution is 9.10. The summed E-state index contributed by atoms with van der Waals surface area (Å²) in [7, 11) is 3.29. The Morgan fingerprint density at radius 2 is 2.04 bits per heavy atom. The van der Waals surface area contributed by atoms with Gasteiger partial charge in [0.2, 0.25) is 0 Å². The van der Waals surface area contributed by atoms with E-state index in [1.54, 1.807) is 31.8 Å². The molecule has 4 rings (SSSR count). The van der Waals surface area contributed by atoms with Crippen molar-refractivity contribution >= 4 is 50.3 Å². The molecule has 0 amide bonds. The van der Waals surface area contributed by atoms with E-state index in [1.807, 2.05) is 36.4 Å². The fraction of sp³-hybridized carbons (Fsp3) is 0.200. The molecule has 3 aromatic rings. The van der Waals surface area contributed by atoms with E-state index >= 15 is 0 Å². The second-order valence-corrected chi connectivity index (χ2v) is 8.45. The number of nitrogens with zero attached hydrogens (tertiary/aromatic N) is 2. The van der Waals surface area contributed by atoms with Crippen LogP contribution in [0, 0.1) is 0 Å². The highest BCUT2D eigenvalue weighted by atomic mass is 79.9. The van der Waals surface area contributed by atoms with Crippen LogP contribution in [0.5, 0.6) is 11.5 Å². The van der Waals surface area contributed by atoms with Crippen molar-refractivity contribution in [2.24, 2.45) is 0 Å². The van der Waals surface area contributed by atoms with E-state index in [1.165, 1.54) is 4.88 Å². The van der Waals surface area contributed by atoms with Gasteiger partial charge < -0.3 is 19.7 Å². The van der Waals surface area contributed by atoms with E-state index in [0.717, 1.165) is 21.6 Å². The molecule has 5 nitrogen and oxygen atoms in total. The van der Waals surface area contributed by atoms with Gasteiger partial charge >= 0.3 is 0 Å². The van der Waals surface area contributed by atoms with Gasteiger partial charge in [-0.3, -0.25) is 4.98 Å². The molecule has 1 aliphatic rings. The first-order chi connectivity index (χ1) is 13.6. The number of hydrogen-bond donors (Lipinski definition) is 1. The Kier molecular flexibility index (Phi) is 5.52. The number of thiophene rings is 1. The summed E-state index contributed by atoms with van der Waals surface area (Å²) in [6, 6.07) is 13.7. The van der Waals surface area contributed by atoms with Crippen LogP contribution in [0.25, 0.3) is 0 Å². The van der Waals surface area contributed by atoms with Crippen molar-refractivity contribution in [2.75, 3.05) is 19.1 Å². The third kappa shape index (κ3) is 3.47. The number of nitrogens with one attached hydrogen (secondary N) is 1. The first kappa shape index (κ1) is 19.2. The molecular formula is C20H18BrN3O2S2. The summed E-state index contributed by atoms with van der Waals surface area (Å²) >= 11 is 11.0. The van der Waals surface area contributed by atoms with E-state index in [-0.39, 0.29) is 12.1 Å². The predicted molar refractivity (Wildman–Crippen MR) is 119 cm³/mol. The van der Waals surface area contributed by atoms with Gasteiger partial charge in [0.25, 0.3) is 0 Å². The molecule has 1 aliphatic heterocycles. The van der Waals surface area contributed by atoms with Gasteiger partial charge in [-0.2, -0.15) is 0 Å². The third-order valence-electron chi connectivity index (χ3n) is 4.62. The van der Waals surface area contributed by atoms with Crippen molar-refractivity contribution in [3.8, 4) is 11.5 Å². The topological polar surface area (TPSA) is 46.6 Å². The van der Waals surface area contributed by atoms with Crippen LogP contribution in [0.4, 0.5) is 5.69 Å². The maximum Gasteiger partial charge on any atom is 0.174 e. The standard InChI is InChI=1S/C20H18BrN3O2S2/c1-25-13-6-7-15(16(10-13)26-2)24-19(17-9-12(21)11-28-17)18(23-20(24)27)14-5-3-4-8-22-14/h3-11,18-19H,1-2H3,(H,23,27). The number of thiocarbonyl (C=S) groups is 1. The summed E-state index contributed by atoms with van der Waals surface area (Å²) in [6.45, 7) is 0. The van der Waals surface area contributed by atoms with Crippen LogP contribution >= 0.6 is 39.5 Å².